The van der Waals surface area contributed by atoms with Crippen LogP contribution in [0.1, 0.15) is 19.8 Å². The van der Waals surface area contributed by atoms with Crippen LogP contribution in [-0.2, 0) is 0 Å². The van der Waals surface area contributed by atoms with Crippen LogP contribution in [0.25, 0.3) is 0 Å². The zero-order valence-electron chi connectivity index (χ0n) is 15.2. The summed E-state index contributed by atoms with van der Waals surface area (Å²) in [5.41, 5.74) is 1.07. The number of halogens is 1. The molecule has 0 aromatic heterocycles. The fourth-order valence-electron chi connectivity index (χ4n) is 3.41. The molecule has 0 spiro atoms. The Kier molecular flexibility index (Phi) is 5.78. The molecule has 3 rings (SSSR count). The lowest BCUT2D eigenvalue weighted by molar-refractivity contribution is 0.184. The Bertz CT molecular complexity index is 567. The van der Waals surface area contributed by atoms with E-state index in [2.05, 4.69) is 22.0 Å². The van der Waals surface area contributed by atoms with E-state index < -0.39 is 0 Å². The van der Waals surface area contributed by atoms with Crippen LogP contribution in [0.2, 0.25) is 0 Å². The van der Waals surface area contributed by atoms with Crippen LogP contribution < -0.4 is 10.2 Å². The number of carbonyl (C=O) groups excluding carboxylic acids is 1. The van der Waals surface area contributed by atoms with Gasteiger partial charge in [-0.2, -0.15) is 0 Å². The van der Waals surface area contributed by atoms with Gasteiger partial charge >= 0.3 is 6.03 Å². The number of nitrogens with zero attached hydrogens (tertiary/aromatic N) is 3. The molecule has 1 aromatic rings. The molecule has 1 aliphatic heterocycles. The van der Waals surface area contributed by atoms with Gasteiger partial charge in [0, 0.05) is 58.0 Å². The molecule has 1 aromatic carbocycles. The van der Waals surface area contributed by atoms with Gasteiger partial charge in [-0.3, -0.25) is 4.90 Å². The Morgan fingerprint density at radius 2 is 1.88 bits per heavy atom. The van der Waals surface area contributed by atoms with E-state index >= 15 is 0 Å². The SMILES string of the molecule is CC(C1CC1)N(C)C(=O)NCCN1CCN(c2ccc(F)cc2)CC1. The zero-order chi connectivity index (χ0) is 17.8. The number of hydrogen-bond donors (Lipinski definition) is 1. The molecule has 2 amide bonds. The maximum Gasteiger partial charge on any atom is 0.317 e. The van der Waals surface area contributed by atoms with Crippen molar-refractivity contribution in [2.24, 2.45) is 5.92 Å². The summed E-state index contributed by atoms with van der Waals surface area (Å²) in [7, 11) is 1.89. The van der Waals surface area contributed by atoms with E-state index in [1.807, 2.05) is 24.1 Å². The van der Waals surface area contributed by atoms with Crippen molar-refractivity contribution in [3.05, 3.63) is 30.1 Å². The second-order valence-electron chi connectivity index (χ2n) is 7.23. The molecular weight excluding hydrogens is 319 g/mol. The highest BCUT2D eigenvalue weighted by atomic mass is 19.1. The molecule has 1 heterocycles. The molecule has 1 saturated carbocycles. The highest BCUT2D eigenvalue weighted by Crippen LogP contribution is 2.34. The smallest absolute Gasteiger partial charge is 0.317 e. The maximum absolute atomic E-state index is 13.0. The van der Waals surface area contributed by atoms with Gasteiger partial charge < -0.3 is 15.1 Å². The van der Waals surface area contributed by atoms with Gasteiger partial charge in [0.25, 0.3) is 0 Å². The van der Waals surface area contributed by atoms with Gasteiger partial charge in [0.05, 0.1) is 0 Å². The second kappa shape index (κ2) is 8.04. The average molecular weight is 348 g/mol. The first-order chi connectivity index (χ1) is 12.0. The quantitative estimate of drug-likeness (QED) is 0.858. The Labute approximate surface area is 149 Å². The fourth-order valence-corrected chi connectivity index (χ4v) is 3.41. The number of piperazine rings is 1. The summed E-state index contributed by atoms with van der Waals surface area (Å²) in [6, 6.07) is 7.06. The van der Waals surface area contributed by atoms with E-state index in [1.54, 1.807) is 0 Å². The minimum atomic E-state index is -0.195. The van der Waals surface area contributed by atoms with Crippen molar-refractivity contribution in [1.29, 1.82) is 0 Å². The second-order valence-corrected chi connectivity index (χ2v) is 7.23. The van der Waals surface area contributed by atoms with Crippen LogP contribution in [0.5, 0.6) is 0 Å². The lowest BCUT2D eigenvalue weighted by Gasteiger charge is -2.36. The van der Waals surface area contributed by atoms with Crippen molar-refractivity contribution in [3.63, 3.8) is 0 Å². The van der Waals surface area contributed by atoms with E-state index in [-0.39, 0.29) is 11.8 Å². The molecule has 1 saturated heterocycles. The summed E-state index contributed by atoms with van der Waals surface area (Å²) in [5, 5.41) is 3.03. The van der Waals surface area contributed by atoms with Crippen molar-refractivity contribution < 1.29 is 9.18 Å². The van der Waals surface area contributed by atoms with Gasteiger partial charge in [0.15, 0.2) is 0 Å². The van der Waals surface area contributed by atoms with Crippen LogP contribution in [-0.4, -0.2) is 68.2 Å². The first-order valence-electron chi connectivity index (χ1n) is 9.28. The Hall–Kier alpha value is -1.82. The predicted molar refractivity (Wildman–Crippen MR) is 98.4 cm³/mol. The van der Waals surface area contributed by atoms with Crippen LogP contribution >= 0.6 is 0 Å². The van der Waals surface area contributed by atoms with E-state index in [0.29, 0.717) is 18.5 Å². The minimum absolute atomic E-state index is 0.0318. The number of benzene rings is 1. The summed E-state index contributed by atoms with van der Waals surface area (Å²) in [6.45, 7) is 7.46. The third-order valence-electron chi connectivity index (χ3n) is 5.50. The third kappa shape index (κ3) is 4.84. The van der Waals surface area contributed by atoms with E-state index in [0.717, 1.165) is 38.4 Å². The lowest BCUT2D eigenvalue weighted by atomic mass is 10.2. The number of rotatable bonds is 6. The average Bonchev–Trinajstić information content (AvgIpc) is 3.47. The Morgan fingerprint density at radius 1 is 1.24 bits per heavy atom. The molecular formula is C19H29FN4O. The molecule has 138 valence electrons. The molecule has 1 aliphatic carbocycles. The van der Waals surface area contributed by atoms with Crippen LogP contribution in [0.3, 0.4) is 0 Å². The van der Waals surface area contributed by atoms with Gasteiger partial charge in [-0.1, -0.05) is 0 Å². The monoisotopic (exact) mass is 348 g/mol. The van der Waals surface area contributed by atoms with Gasteiger partial charge in [-0.05, 0) is 49.9 Å². The number of amides is 2. The molecule has 5 nitrogen and oxygen atoms in total. The predicted octanol–water partition coefficient (Wildman–Crippen LogP) is 2.39. The highest BCUT2D eigenvalue weighted by molar-refractivity contribution is 5.74. The van der Waals surface area contributed by atoms with Crippen molar-refractivity contribution in [2.75, 3.05) is 51.2 Å². The van der Waals surface area contributed by atoms with E-state index in [9.17, 15) is 9.18 Å². The number of nitrogens with one attached hydrogen (secondary N) is 1. The van der Waals surface area contributed by atoms with E-state index in [1.165, 1.54) is 25.0 Å². The molecule has 1 unspecified atom stereocenters. The number of urea groups is 1. The highest BCUT2D eigenvalue weighted by Gasteiger charge is 2.32. The molecule has 6 heteroatoms. The Balaban J connectivity index is 1.35. The lowest BCUT2D eigenvalue weighted by Crippen LogP contribution is -2.50. The maximum atomic E-state index is 13.0. The summed E-state index contributed by atoms with van der Waals surface area (Å²) >= 11 is 0. The normalized spacial score (nSPS) is 19.6. The molecule has 0 bridgehead atoms. The van der Waals surface area contributed by atoms with E-state index in [4.69, 9.17) is 0 Å². The van der Waals surface area contributed by atoms with Gasteiger partial charge in [0.2, 0.25) is 0 Å². The standard InChI is InChI=1S/C19H29FN4O/c1-15(16-3-4-16)22(2)19(25)21-9-10-23-11-13-24(14-12-23)18-7-5-17(20)6-8-18/h5-8,15-16H,3-4,9-14H2,1-2H3,(H,21,25). The number of carbonyl (C=O) groups is 1. The summed E-state index contributed by atoms with van der Waals surface area (Å²) in [6.07, 6.45) is 2.49. The molecule has 2 fully saturated rings. The van der Waals surface area contributed by atoms with Crippen molar-refractivity contribution in [3.8, 4) is 0 Å². The largest absolute Gasteiger partial charge is 0.369 e. The third-order valence-corrected chi connectivity index (χ3v) is 5.50. The van der Waals surface area contributed by atoms with Crippen LogP contribution in [0, 0.1) is 11.7 Å². The van der Waals surface area contributed by atoms with Gasteiger partial charge in [-0.15, -0.1) is 0 Å². The summed E-state index contributed by atoms with van der Waals surface area (Å²) < 4.78 is 13.0. The molecule has 1 N–H and O–H groups in total. The van der Waals surface area contributed by atoms with Crippen molar-refractivity contribution in [1.82, 2.24) is 15.1 Å². The first-order valence-corrected chi connectivity index (χ1v) is 9.28. The van der Waals surface area contributed by atoms with Crippen molar-refractivity contribution in [2.45, 2.75) is 25.8 Å². The summed E-state index contributed by atoms with van der Waals surface area (Å²) in [5.74, 6) is 0.495. The first kappa shape index (κ1) is 18.0. The molecule has 25 heavy (non-hydrogen) atoms. The van der Waals surface area contributed by atoms with Crippen molar-refractivity contribution >= 4 is 11.7 Å². The number of anilines is 1. The van der Waals surface area contributed by atoms with Crippen LogP contribution in [0.15, 0.2) is 24.3 Å². The fraction of sp³-hybridized carbons (Fsp3) is 0.632. The topological polar surface area (TPSA) is 38.8 Å². The molecule has 1 atom stereocenters. The zero-order valence-corrected chi connectivity index (χ0v) is 15.2. The van der Waals surface area contributed by atoms with Gasteiger partial charge in [-0.25, -0.2) is 9.18 Å². The minimum Gasteiger partial charge on any atom is -0.369 e. The summed E-state index contributed by atoms with van der Waals surface area (Å²) in [4.78, 5) is 18.7. The number of hydrogen-bond acceptors (Lipinski definition) is 3. The Morgan fingerprint density at radius 3 is 2.48 bits per heavy atom. The molecule has 0 radical (unpaired) electrons. The van der Waals surface area contributed by atoms with Crippen LogP contribution in [0.4, 0.5) is 14.9 Å². The molecule has 2 aliphatic rings. The van der Waals surface area contributed by atoms with Gasteiger partial charge in [0.1, 0.15) is 5.82 Å².